The van der Waals surface area contributed by atoms with E-state index in [1.807, 2.05) is 31.5 Å². The maximum Gasteiger partial charge on any atom is 0.325 e. The lowest BCUT2D eigenvalue weighted by molar-refractivity contribution is -0.542. The van der Waals surface area contributed by atoms with E-state index in [2.05, 4.69) is 37.8 Å². The number of hydrogen-bond acceptors (Lipinski definition) is 4. The second-order valence-corrected chi connectivity index (χ2v) is 8.59. The molecule has 3 heterocycles. The molecule has 0 spiro atoms. The summed E-state index contributed by atoms with van der Waals surface area (Å²) in [5.41, 5.74) is 3.87. The minimum atomic E-state index is -0.433. The number of nitrogens with zero attached hydrogens (tertiary/aromatic N) is 4. The molecule has 1 unspecified atom stereocenters. The van der Waals surface area contributed by atoms with Crippen LogP contribution in [-0.4, -0.2) is 33.6 Å². The number of benzene rings is 2. The van der Waals surface area contributed by atoms with E-state index in [0.29, 0.717) is 34.4 Å². The molecule has 1 fully saturated rings. The predicted molar refractivity (Wildman–Crippen MR) is 126 cm³/mol. The summed E-state index contributed by atoms with van der Waals surface area (Å²) in [4.78, 5) is 21.1. The number of hydrazone groups is 1. The Morgan fingerprint density at radius 1 is 1.18 bits per heavy atom. The van der Waals surface area contributed by atoms with Crippen molar-refractivity contribution in [2.75, 3.05) is 0 Å². The summed E-state index contributed by atoms with van der Waals surface area (Å²) in [5.74, 6) is 0.101. The van der Waals surface area contributed by atoms with Gasteiger partial charge in [0.05, 0.1) is 12.1 Å². The molecule has 2 N–H and O–H groups in total. The first kappa shape index (κ1) is 21.2. The maximum atomic E-state index is 14.5. The van der Waals surface area contributed by atoms with E-state index in [1.165, 1.54) is 5.56 Å². The molecule has 7 nitrogen and oxygen atoms in total. The minimum Gasteiger partial charge on any atom is -0.295 e. The van der Waals surface area contributed by atoms with Crippen LogP contribution in [0.2, 0.25) is 5.02 Å². The van der Waals surface area contributed by atoms with Gasteiger partial charge in [-0.05, 0) is 43.7 Å². The average molecular weight is 464 g/mol. The molecule has 0 aliphatic carbocycles. The van der Waals surface area contributed by atoms with Crippen molar-refractivity contribution < 1.29 is 13.9 Å². The molecule has 33 heavy (non-hydrogen) atoms. The SMILES string of the molecule is Cc1ccc2ncc(C[N+]3=CC4C(=NCc5c(Cl)ccc(C)c5F)NC(=O)NC4=N3)cc2c1. The molecule has 3 aromatic rings. The molecule has 2 aliphatic rings. The summed E-state index contributed by atoms with van der Waals surface area (Å²) >= 11 is 6.17. The lowest BCUT2D eigenvalue weighted by Crippen LogP contribution is -2.55. The molecule has 2 aliphatic heterocycles. The first-order valence-electron chi connectivity index (χ1n) is 10.5. The van der Waals surface area contributed by atoms with Crippen molar-refractivity contribution in [2.24, 2.45) is 16.0 Å². The zero-order valence-corrected chi connectivity index (χ0v) is 18.8. The number of halogens is 2. The molecular formula is C24H21ClFN6O+. The number of nitrogens with one attached hydrogen (secondary N) is 2. The number of aromatic nitrogens is 1. The van der Waals surface area contributed by atoms with E-state index >= 15 is 0 Å². The van der Waals surface area contributed by atoms with E-state index < -0.39 is 11.8 Å². The maximum absolute atomic E-state index is 14.5. The monoisotopic (exact) mass is 463 g/mol. The Balaban J connectivity index is 1.41. The molecule has 0 bridgehead atoms. The third-order valence-electron chi connectivity index (χ3n) is 5.65. The molecule has 1 saturated heterocycles. The first-order valence-corrected chi connectivity index (χ1v) is 10.9. The first-order chi connectivity index (χ1) is 15.9. The number of amidine groups is 2. The lowest BCUT2D eigenvalue weighted by atomic mass is 10.1. The van der Waals surface area contributed by atoms with E-state index in [4.69, 9.17) is 11.6 Å². The van der Waals surface area contributed by atoms with Gasteiger partial charge in [0.1, 0.15) is 11.7 Å². The molecule has 0 saturated carbocycles. The van der Waals surface area contributed by atoms with Gasteiger partial charge in [0.25, 0.3) is 0 Å². The Morgan fingerprint density at radius 2 is 2.03 bits per heavy atom. The van der Waals surface area contributed by atoms with Crippen molar-refractivity contribution in [3.8, 4) is 0 Å². The number of aliphatic imine (C=N–C) groups is 1. The van der Waals surface area contributed by atoms with Crippen LogP contribution >= 0.6 is 11.6 Å². The van der Waals surface area contributed by atoms with Crippen LogP contribution < -0.4 is 10.6 Å². The highest BCUT2D eigenvalue weighted by Gasteiger charge is 2.38. The average Bonchev–Trinajstić information content (AvgIpc) is 3.18. The zero-order valence-electron chi connectivity index (χ0n) is 18.1. The Hall–Kier alpha value is -3.65. The number of carbonyl (C=O) groups excluding carboxylic acids is 1. The normalized spacial score (nSPS) is 18.6. The topological polar surface area (TPSA) is 81.8 Å². The minimum absolute atomic E-state index is 0.00747. The largest absolute Gasteiger partial charge is 0.325 e. The molecule has 1 aromatic heterocycles. The lowest BCUT2D eigenvalue weighted by Gasteiger charge is -2.19. The molecular weight excluding hydrogens is 443 g/mol. The summed E-state index contributed by atoms with van der Waals surface area (Å²) in [6, 6.07) is 11.0. The van der Waals surface area contributed by atoms with Crippen molar-refractivity contribution in [1.29, 1.82) is 0 Å². The summed E-state index contributed by atoms with van der Waals surface area (Å²) in [5, 5.41) is 11.3. The van der Waals surface area contributed by atoms with Crippen LogP contribution in [0, 0.1) is 25.6 Å². The Kier molecular flexibility index (Phi) is 5.38. The highest BCUT2D eigenvalue weighted by molar-refractivity contribution is 6.31. The van der Waals surface area contributed by atoms with Gasteiger partial charge in [-0.15, -0.1) is 0 Å². The van der Waals surface area contributed by atoms with Gasteiger partial charge in [0.2, 0.25) is 6.54 Å². The number of aryl methyl sites for hydroxylation is 2. The van der Waals surface area contributed by atoms with Crippen molar-refractivity contribution in [3.63, 3.8) is 0 Å². The van der Waals surface area contributed by atoms with Gasteiger partial charge >= 0.3 is 6.03 Å². The summed E-state index contributed by atoms with van der Waals surface area (Å²) in [7, 11) is 0. The highest BCUT2D eigenvalue weighted by Crippen LogP contribution is 2.23. The van der Waals surface area contributed by atoms with E-state index in [9.17, 15) is 9.18 Å². The fourth-order valence-electron chi connectivity index (χ4n) is 3.94. The number of hydrogen-bond donors (Lipinski definition) is 2. The van der Waals surface area contributed by atoms with Gasteiger partial charge in [-0.3, -0.25) is 20.6 Å². The van der Waals surface area contributed by atoms with E-state index in [1.54, 1.807) is 23.7 Å². The third-order valence-corrected chi connectivity index (χ3v) is 6.01. The molecule has 9 heteroatoms. The Morgan fingerprint density at radius 3 is 2.88 bits per heavy atom. The van der Waals surface area contributed by atoms with Crippen LogP contribution in [0.4, 0.5) is 9.18 Å². The number of carbonyl (C=O) groups is 1. The third kappa shape index (κ3) is 4.21. The number of fused-ring (bicyclic) bond motifs is 2. The second-order valence-electron chi connectivity index (χ2n) is 8.19. The van der Waals surface area contributed by atoms with Gasteiger partial charge in [-0.1, -0.05) is 34.0 Å². The van der Waals surface area contributed by atoms with Gasteiger partial charge in [0, 0.05) is 32.8 Å². The second kappa shape index (κ2) is 8.37. The van der Waals surface area contributed by atoms with Gasteiger partial charge < -0.3 is 0 Å². The van der Waals surface area contributed by atoms with Crippen LogP contribution in [-0.2, 0) is 13.1 Å². The molecule has 2 aromatic carbocycles. The molecule has 1 atom stereocenters. The van der Waals surface area contributed by atoms with E-state index in [0.717, 1.165) is 16.5 Å². The quantitative estimate of drug-likeness (QED) is 0.571. The van der Waals surface area contributed by atoms with Crippen molar-refractivity contribution in [1.82, 2.24) is 15.6 Å². The van der Waals surface area contributed by atoms with Crippen LogP contribution in [0.3, 0.4) is 0 Å². The molecule has 5 rings (SSSR count). The van der Waals surface area contributed by atoms with Crippen LogP contribution in [0.1, 0.15) is 22.3 Å². The summed E-state index contributed by atoms with van der Waals surface area (Å²) in [6.45, 7) is 4.21. The van der Waals surface area contributed by atoms with Gasteiger partial charge in [-0.2, -0.15) is 0 Å². The fraction of sp³-hybridized carbons (Fsp3) is 0.208. The van der Waals surface area contributed by atoms with Crippen LogP contribution in [0.15, 0.2) is 52.7 Å². The van der Waals surface area contributed by atoms with Crippen molar-refractivity contribution >= 4 is 46.4 Å². The fourth-order valence-corrected chi connectivity index (χ4v) is 4.15. The van der Waals surface area contributed by atoms with Gasteiger partial charge in [-0.25, -0.2) is 9.18 Å². The predicted octanol–water partition coefficient (Wildman–Crippen LogP) is 4.08. The van der Waals surface area contributed by atoms with Crippen LogP contribution in [0.25, 0.3) is 10.9 Å². The standard InChI is InChI=1S/C24H20ClFN6O/c1-13-3-6-20-16(7-13)8-15(9-27-20)11-32-12-18-22(29-24(33)30-23(18)31-32)28-10-17-19(25)5-4-14(2)21(17)26/h3-9,12,18H,10-11H2,1-2H3,(H-,28,29,30,31,33)/p+1. The van der Waals surface area contributed by atoms with Crippen LogP contribution in [0.5, 0.6) is 0 Å². The Labute approximate surface area is 194 Å². The number of urea groups is 1. The van der Waals surface area contributed by atoms with Crippen molar-refractivity contribution in [2.45, 2.75) is 26.9 Å². The number of rotatable bonds is 4. The smallest absolute Gasteiger partial charge is 0.295 e. The molecule has 166 valence electrons. The van der Waals surface area contributed by atoms with Gasteiger partial charge in [0.15, 0.2) is 18.0 Å². The van der Waals surface area contributed by atoms with E-state index in [-0.39, 0.29) is 12.5 Å². The Bertz CT molecular complexity index is 1400. The zero-order chi connectivity index (χ0) is 23.1. The molecule has 2 amide bonds. The molecule has 0 radical (unpaired) electrons. The number of pyridine rings is 1. The number of amides is 2. The summed E-state index contributed by atoms with van der Waals surface area (Å²) < 4.78 is 16.3. The van der Waals surface area contributed by atoms with Crippen molar-refractivity contribution in [3.05, 3.63) is 75.7 Å². The highest BCUT2D eigenvalue weighted by atomic mass is 35.5. The summed E-state index contributed by atoms with van der Waals surface area (Å²) in [6.07, 6.45) is 3.69.